The SMILES string of the molecule is COc1cccnc1C(C)(O)c1ccccc1F. The van der Waals surface area contributed by atoms with Crippen LogP contribution in [0.1, 0.15) is 18.2 Å². The zero-order valence-electron chi connectivity index (χ0n) is 10.2. The van der Waals surface area contributed by atoms with Crippen molar-refractivity contribution in [3.63, 3.8) is 0 Å². The number of hydrogen-bond acceptors (Lipinski definition) is 3. The van der Waals surface area contributed by atoms with E-state index in [9.17, 15) is 9.50 Å². The standard InChI is InChI=1S/C14H14FNO2/c1-14(17,10-6-3-4-7-11(10)15)13-12(18-2)8-5-9-16-13/h3-9,17H,1-2H3. The van der Waals surface area contributed by atoms with Gasteiger partial charge in [-0.25, -0.2) is 4.39 Å². The average Bonchev–Trinajstić information content (AvgIpc) is 2.39. The molecule has 0 saturated carbocycles. The molecule has 2 rings (SSSR count). The number of rotatable bonds is 3. The Labute approximate surface area is 105 Å². The molecule has 2 aromatic rings. The van der Waals surface area contributed by atoms with Crippen LogP contribution in [0.3, 0.4) is 0 Å². The summed E-state index contributed by atoms with van der Waals surface area (Å²) < 4.78 is 18.9. The fraction of sp³-hybridized carbons (Fsp3) is 0.214. The molecule has 3 nitrogen and oxygen atoms in total. The molecule has 4 heteroatoms. The van der Waals surface area contributed by atoms with Gasteiger partial charge in [-0.05, 0) is 25.1 Å². The number of nitrogens with zero attached hydrogens (tertiary/aromatic N) is 1. The molecule has 0 aliphatic heterocycles. The van der Waals surface area contributed by atoms with Crippen molar-refractivity contribution in [2.45, 2.75) is 12.5 Å². The van der Waals surface area contributed by atoms with E-state index in [1.165, 1.54) is 32.4 Å². The van der Waals surface area contributed by atoms with Crippen LogP contribution in [0.15, 0.2) is 42.6 Å². The summed E-state index contributed by atoms with van der Waals surface area (Å²) in [5.41, 5.74) is -1.09. The predicted molar refractivity (Wildman–Crippen MR) is 65.9 cm³/mol. The predicted octanol–water partition coefficient (Wildman–Crippen LogP) is 2.49. The van der Waals surface area contributed by atoms with Crippen molar-refractivity contribution in [2.75, 3.05) is 7.11 Å². The Morgan fingerprint density at radius 3 is 2.61 bits per heavy atom. The van der Waals surface area contributed by atoms with Gasteiger partial charge in [0.2, 0.25) is 0 Å². The molecule has 1 aromatic carbocycles. The van der Waals surface area contributed by atoms with E-state index < -0.39 is 11.4 Å². The number of hydrogen-bond donors (Lipinski definition) is 1. The Morgan fingerprint density at radius 1 is 1.22 bits per heavy atom. The van der Waals surface area contributed by atoms with Crippen LogP contribution in [0.4, 0.5) is 4.39 Å². The molecule has 1 heterocycles. The minimum absolute atomic E-state index is 0.169. The van der Waals surface area contributed by atoms with Gasteiger partial charge in [-0.2, -0.15) is 0 Å². The van der Waals surface area contributed by atoms with Crippen LogP contribution in [-0.4, -0.2) is 17.2 Å². The molecule has 1 atom stereocenters. The highest BCUT2D eigenvalue weighted by Gasteiger charge is 2.32. The van der Waals surface area contributed by atoms with Crippen LogP contribution < -0.4 is 4.74 Å². The number of aliphatic hydroxyl groups is 1. The van der Waals surface area contributed by atoms with Crippen molar-refractivity contribution in [1.82, 2.24) is 4.98 Å². The monoisotopic (exact) mass is 247 g/mol. The first-order chi connectivity index (χ1) is 8.57. The second-order valence-electron chi connectivity index (χ2n) is 4.11. The van der Waals surface area contributed by atoms with Gasteiger partial charge in [0.25, 0.3) is 0 Å². The Kier molecular flexibility index (Phi) is 3.30. The summed E-state index contributed by atoms with van der Waals surface area (Å²) in [6, 6.07) is 9.45. The van der Waals surface area contributed by atoms with Crippen LogP contribution in [-0.2, 0) is 5.60 Å². The van der Waals surface area contributed by atoms with Crippen LogP contribution in [0.5, 0.6) is 5.75 Å². The maximum atomic E-state index is 13.8. The van der Waals surface area contributed by atoms with Crippen molar-refractivity contribution < 1.29 is 14.2 Å². The van der Waals surface area contributed by atoms with Gasteiger partial charge in [0.15, 0.2) is 0 Å². The minimum Gasteiger partial charge on any atom is -0.495 e. The maximum Gasteiger partial charge on any atom is 0.143 e. The molecular formula is C14H14FNO2. The molecule has 0 bridgehead atoms. The van der Waals surface area contributed by atoms with Crippen molar-refractivity contribution in [3.05, 3.63) is 59.7 Å². The fourth-order valence-electron chi connectivity index (χ4n) is 1.90. The molecular weight excluding hydrogens is 233 g/mol. The van der Waals surface area contributed by atoms with Crippen LogP contribution in [0, 0.1) is 5.82 Å². The summed E-state index contributed by atoms with van der Waals surface area (Å²) in [5.74, 6) is -0.0547. The van der Waals surface area contributed by atoms with Gasteiger partial charge < -0.3 is 9.84 Å². The zero-order valence-corrected chi connectivity index (χ0v) is 10.2. The van der Waals surface area contributed by atoms with Gasteiger partial charge >= 0.3 is 0 Å². The van der Waals surface area contributed by atoms with E-state index in [1.54, 1.807) is 24.3 Å². The van der Waals surface area contributed by atoms with E-state index >= 15 is 0 Å². The van der Waals surface area contributed by atoms with E-state index in [0.29, 0.717) is 5.75 Å². The summed E-state index contributed by atoms with van der Waals surface area (Å²) >= 11 is 0. The van der Waals surface area contributed by atoms with Gasteiger partial charge in [-0.1, -0.05) is 18.2 Å². The number of aromatic nitrogens is 1. The molecule has 0 amide bonds. The van der Waals surface area contributed by atoms with Crippen molar-refractivity contribution in [3.8, 4) is 5.75 Å². The lowest BCUT2D eigenvalue weighted by atomic mass is 9.91. The Hall–Kier alpha value is -1.94. The molecule has 0 radical (unpaired) electrons. The molecule has 0 spiro atoms. The molecule has 1 aromatic heterocycles. The normalized spacial score (nSPS) is 14.0. The van der Waals surface area contributed by atoms with Crippen molar-refractivity contribution in [1.29, 1.82) is 0 Å². The molecule has 94 valence electrons. The topological polar surface area (TPSA) is 42.4 Å². The third kappa shape index (κ3) is 2.07. The lowest BCUT2D eigenvalue weighted by molar-refractivity contribution is 0.0898. The lowest BCUT2D eigenvalue weighted by Gasteiger charge is -2.25. The quantitative estimate of drug-likeness (QED) is 0.906. The van der Waals surface area contributed by atoms with Gasteiger partial charge in [0.05, 0.1) is 7.11 Å². The number of ether oxygens (including phenoxy) is 1. The van der Waals surface area contributed by atoms with Gasteiger partial charge in [0, 0.05) is 11.8 Å². The summed E-state index contributed by atoms with van der Waals surface area (Å²) in [6.07, 6.45) is 1.53. The first-order valence-electron chi connectivity index (χ1n) is 5.54. The highest BCUT2D eigenvalue weighted by atomic mass is 19.1. The molecule has 0 aliphatic rings. The van der Waals surface area contributed by atoms with E-state index in [-0.39, 0.29) is 11.3 Å². The van der Waals surface area contributed by atoms with E-state index in [2.05, 4.69) is 4.98 Å². The van der Waals surface area contributed by atoms with E-state index in [0.717, 1.165) is 0 Å². The van der Waals surface area contributed by atoms with E-state index in [1.807, 2.05) is 0 Å². The smallest absolute Gasteiger partial charge is 0.143 e. The summed E-state index contributed by atoms with van der Waals surface area (Å²) in [6.45, 7) is 1.50. The first-order valence-corrected chi connectivity index (χ1v) is 5.54. The van der Waals surface area contributed by atoms with Crippen LogP contribution in [0.2, 0.25) is 0 Å². The first kappa shape index (κ1) is 12.5. The second-order valence-corrected chi connectivity index (χ2v) is 4.11. The number of pyridine rings is 1. The third-order valence-corrected chi connectivity index (χ3v) is 2.85. The molecule has 0 fully saturated rings. The van der Waals surface area contributed by atoms with Crippen LogP contribution >= 0.6 is 0 Å². The maximum absolute atomic E-state index is 13.8. The Balaban J connectivity index is 2.58. The van der Waals surface area contributed by atoms with Gasteiger partial charge in [0.1, 0.15) is 22.9 Å². The van der Waals surface area contributed by atoms with E-state index in [4.69, 9.17) is 4.74 Å². The Bertz CT molecular complexity index is 555. The second kappa shape index (κ2) is 4.74. The molecule has 0 aliphatic carbocycles. The number of halogens is 1. The molecule has 0 saturated heterocycles. The molecule has 18 heavy (non-hydrogen) atoms. The summed E-state index contributed by atoms with van der Waals surface area (Å²) in [4.78, 5) is 4.10. The van der Waals surface area contributed by atoms with Crippen LogP contribution in [0.25, 0.3) is 0 Å². The molecule has 1 unspecified atom stereocenters. The summed E-state index contributed by atoms with van der Waals surface area (Å²) in [5, 5.41) is 10.6. The fourth-order valence-corrected chi connectivity index (χ4v) is 1.90. The Morgan fingerprint density at radius 2 is 1.94 bits per heavy atom. The zero-order chi connectivity index (χ0) is 13.2. The summed E-state index contributed by atoms with van der Waals surface area (Å²) in [7, 11) is 1.48. The van der Waals surface area contributed by atoms with Crippen molar-refractivity contribution in [2.24, 2.45) is 0 Å². The van der Waals surface area contributed by atoms with Gasteiger partial charge in [-0.3, -0.25) is 4.98 Å². The van der Waals surface area contributed by atoms with Crippen molar-refractivity contribution >= 4 is 0 Å². The third-order valence-electron chi connectivity index (χ3n) is 2.85. The minimum atomic E-state index is -1.54. The highest BCUT2D eigenvalue weighted by Crippen LogP contribution is 2.34. The van der Waals surface area contributed by atoms with Gasteiger partial charge in [-0.15, -0.1) is 0 Å². The number of methoxy groups -OCH3 is 1. The lowest BCUT2D eigenvalue weighted by Crippen LogP contribution is -2.26. The highest BCUT2D eigenvalue weighted by molar-refractivity contribution is 5.39. The average molecular weight is 247 g/mol. The largest absolute Gasteiger partial charge is 0.495 e. The molecule has 1 N–H and O–H groups in total. The number of benzene rings is 1.